The predicted octanol–water partition coefficient (Wildman–Crippen LogP) is 4.06. The topological polar surface area (TPSA) is 89.3 Å². The van der Waals surface area contributed by atoms with Crippen molar-refractivity contribution in [2.45, 2.75) is 19.4 Å². The third-order valence-electron chi connectivity index (χ3n) is 4.02. The molecular weight excluding hydrogens is 388 g/mol. The molecule has 0 aliphatic carbocycles. The molecule has 0 radical (unpaired) electrons. The lowest BCUT2D eigenvalue weighted by Gasteiger charge is -2.08. The highest BCUT2D eigenvalue weighted by Gasteiger charge is 2.24. The quantitative estimate of drug-likeness (QED) is 0.524. The maximum atomic E-state index is 12.2. The van der Waals surface area contributed by atoms with Gasteiger partial charge in [-0.2, -0.15) is 5.26 Å². The normalized spacial score (nSPS) is 11.3. The van der Waals surface area contributed by atoms with Gasteiger partial charge in [0.2, 0.25) is 0 Å². The first kappa shape index (κ1) is 20.2. The average molecular weight is 406 g/mol. The minimum absolute atomic E-state index is 0.319. The van der Waals surface area contributed by atoms with Gasteiger partial charge in [0.25, 0.3) is 0 Å². The average Bonchev–Trinajstić information content (AvgIpc) is 3.18. The lowest BCUT2D eigenvalue weighted by molar-refractivity contribution is -0.122. The van der Waals surface area contributed by atoms with E-state index in [4.69, 9.17) is 9.47 Å². The lowest BCUT2D eigenvalue weighted by Crippen LogP contribution is -2.20. The summed E-state index contributed by atoms with van der Waals surface area (Å²) in [7, 11) is 0. The maximum Gasteiger partial charge on any atom is 0.338 e. The van der Waals surface area contributed by atoms with Crippen LogP contribution in [0.2, 0.25) is 0 Å². The van der Waals surface area contributed by atoms with Gasteiger partial charge < -0.3 is 9.47 Å². The molecule has 0 amide bonds. The molecule has 6 nitrogen and oxygen atoms in total. The van der Waals surface area contributed by atoms with Crippen molar-refractivity contribution in [1.82, 2.24) is 4.98 Å². The standard InChI is InChI=1S/C22H18N2O4S/c1-15-14-29-21(24-15)19(11-23)20(25)13-28-22(26)17-9-7-16(8-10-17)12-27-18-5-3-2-4-6-18/h2-10,14,19H,12-13H2,1H3/t19-/m1/s1. The summed E-state index contributed by atoms with van der Waals surface area (Å²) in [6.45, 7) is 1.68. The summed E-state index contributed by atoms with van der Waals surface area (Å²) in [5.74, 6) is -1.39. The molecule has 0 saturated heterocycles. The van der Waals surface area contributed by atoms with Crippen molar-refractivity contribution in [2.75, 3.05) is 6.61 Å². The smallest absolute Gasteiger partial charge is 0.338 e. The highest BCUT2D eigenvalue weighted by molar-refractivity contribution is 7.09. The van der Waals surface area contributed by atoms with Gasteiger partial charge in [0, 0.05) is 11.1 Å². The van der Waals surface area contributed by atoms with Crippen molar-refractivity contribution in [3.05, 3.63) is 81.8 Å². The SMILES string of the molecule is Cc1csc([C@H](C#N)C(=O)COC(=O)c2ccc(COc3ccccc3)cc2)n1. The first-order valence-corrected chi connectivity index (χ1v) is 9.73. The fourth-order valence-corrected chi connectivity index (χ4v) is 3.35. The Morgan fingerprint density at radius 3 is 2.48 bits per heavy atom. The molecule has 1 heterocycles. The van der Waals surface area contributed by atoms with Gasteiger partial charge in [-0.15, -0.1) is 11.3 Å². The van der Waals surface area contributed by atoms with Crippen LogP contribution in [-0.2, 0) is 16.1 Å². The number of benzene rings is 2. The summed E-state index contributed by atoms with van der Waals surface area (Å²) in [4.78, 5) is 28.6. The molecule has 2 aromatic carbocycles. The number of ether oxygens (including phenoxy) is 2. The number of hydrogen-bond acceptors (Lipinski definition) is 7. The van der Waals surface area contributed by atoms with Gasteiger partial charge in [-0.1, -0.05) is 30.3 Å². The van der Waals surface area contributed by atoms with Crippen molar-refractivity contribution in [2.24, 2.45) is 0 Å². The Kier molecular flexibility index (Phi) is 6.72. The van der Waals surface area contributed by atoms with E-state index in [1.165, 1.54) is 11.3 Å². The van der Waals surface area contributed by atoms with Crippen LogP contribution in [0.5, 0.6) is 5.75 Å². The second-order valence-corrected chi connectivity index (χ2v) is 7.12. The monoisotopic (exact) mass is 406 g/mol. The van der Waals surface area contributed by atoms with Crippen LogP contribution >= 0.6 is 11.3 Å². The predicted molar refractivity (Wildman–Crippen MR) is 108 cm³/mol. The zero-order valence-corrected chi connectivity index (χ0v) is 16.5. The highest BCUT2D eigenvalue weighted by Crippen LogP contribution is 2.21. The van der Waals surface area contributed by atoms with Gasteiger partial charge in [0.1, 0.15) is 17.4 Å². The van der Waals surface area contributed by atoms with Gasteiger partial charge in [0.05, 0.1) is 11.6 Å². The van der Waals surface area contributed by atoms with E-state index in [1.54, 1.807) is 36.6 Å². The largest absolute Gasteiger partial charge is 0.489 e. The molecule has 1 aromatic heterocycles. The minimum atomic E-state index is -1.03. The number of esters is 1. The molecule has 0 N–H and O–H groups in total. The number of ketones is 1. The van der Waals surface area contributed by atoms with Crippen LogP contribution in [0.25, 0.3) is 0 Å². The molecule has 0 bridgehead atoms. The van der Waals surface area contributed by atoms with Crippen LogP contribution in [0, 0.1) is 18.3 Å². The highest BCUT2D eigenvalue weighted by atomic mass is 32.1. The summed E-state index contributed by atoms with van der Waals surface area (Å²) in [6, 6.07) is 18.1. The minimum Gasteiger partial charge on any atom is -0.489 e. The van der Waals surface area contributed by atoms with Gasteiger partial charge in [-0.25, -0.2) is 9.78 Å². The molecule has 0 spiro atoms. The fourth-order valence-electron chi connectivity index (χ4n) is 2.49. The molecular formula is C22H18N2O4S. The Hall–Kier alpha value is -3.50. The van der Waals surface area contributed by atoms with Crippen LogP contribution < -0.4 is 4.74 Å². The third-order valence-corrected chi connectivity index (χ3v) is 5.05. The van der Waals surface area contributed by atoms with Gasteiger partial charge >= 0.3 is 5.97 Å². The summed E-state index contributed by atoms with van der Waals surface area (Å²) in [5, 5.41) is 11.4. The molecule has 3 rings (SSSR count). The lowest BCUT2D eigenvalue weighted by atomic mass is 10.1. The molecule has 0 aliphatic heterocycles. The van der Waals surface area contributed by atoms with Crippen molar-refractivity contribution in [1.29, 1.82) is 5.26 Å². The number of carbonyl (C=O) groups is 2. The Bertz CT molecular complexity index is 1020. The first-order valence-electron chi connectivity index (χ1n) is 8.85. The molecule has 146 valence electrons. The van der Waals surface area contributed by atoms with E-state index in [-0.39, 0.29) is 0 Å². The Balaban J connectivity index is 1.52. The van der Waals surface area contributed by atoms with Crippen molar-refractivity contribution in [3.63, 3.8) is 0 Å². The maximum absolute atomic E-state index is 12.2. The van der Waals surface area contributed by atoms with E-state index >= 15 is 0 Å². The number of nitriles is 1. The fraction of sp³-hybridized carbons (Fsp3) is 0.182. The molecule has 0 fully saturated rings. The molecule has 7 heteroatoms. The number of rotatable bonds is 8. The second kappa shape index (κ2) is 9.62. The van der Waals surface area contributed by atoms with E-state index < -0.39 is 24.3 Å². The van der Waals surface area contributed by atoms with Crippen molar-refractivity contribution >= 4 is 23.1 Å². The number of carbonyl (C=O) groups excluding carboxylic acids is 2. The zero-order valence-electron chi connectivity index (χ0n) is 15.7. The van der Waals surface area contributed by atoms with Crippen molar-refractivity contribution in [3.8, 4) is 11.8 Å². The summed E-state index contributed by atoms with van der Waals surface area (Å²) in [6.07, 6.45) is 0. The number of nitrogens with zero attached hydrogens (tertiary/aromatic N) is 2. The van der Waals surface area contributed by atoms with E-state index in [2.05, 4.69) is 4.98 Å². The van der Waals surface area contributed by atoms with Crippen LogP contribution in [-0.4, -0.2) is 23.3 Å². The van der Waals surface area contributed by atoms with E-state index in [0.717, 1.165) is 17.0 Å². The molecule has 3 aromatic rings. The van der Waals surface area contributed by atoms with Gasteiger partial charge in [-0.3, -0.25) is 4.79 Å². The second-order valence-electron chi connectivity index (χ2n) is 6.23. The third kappa shape index (κ3) is 5.50. The molecule has 0 saturated carbocycles. The van der Waals surface area contributed by atoms with E-state index in [0.29, 0.717) is 17.2 Å². The van der Waals surface area contributed by atoms with Crippen LogP contribution in [0.15, 0.2) is 60.0 Å². The first-order chi connectivity index (χ1) is 14.1. The summed E-state index contributed by atoms with van der Waals surface area (Å²) < 4.78 is 10.7. The Morgan fingerprint density at radius 1 is 1.14 bits per heavy atom. The van der Waals surface area contributed by atoms with Gasteiger partial charge in [0.15, 0.2) is 18.3 Å². The zero-order chi connectivity index (χ0) is 20.6. The van der Waals surface area contributed by atoms with Gasteiger partial charge in [-0.05, 0) is 36.8 Å². The van der Waals surface area contributed by atoms with Crippen LogP contribution in [0.3, 0.4) is 0 Å². The van der Waals surface area contributed by atoms with E-state index in [9.17, 15) is 14.9 Å². The van der Waals surface area contributed by atoms with E-state index in [1.807, 2.05) is 36.4 Å². The molecule has 1 atom stereocenters. The van der Waals surface area contributed by atoms with Crippen molar-refractivity contribution < 1.29 is 19.1 Å². The molecule has 29 heavy (non-hydrogen) atoms. The summed E-state index contributed by atoms with van der Waals surface area (Å²) >= 11 is 1.24. The number of aryl methyl sites for hydroxylation is 1. The number of aromatic nitrogens is 1. The number of para-hydroxylation sites is 1. The number of thiazole rings is 1. The Morgan fingerprint density at radius 2 is 1.86 bits per heavy atom. The Labute approximate surface area is 172 Å². The molecule has 0 unspecified atom stereocenters. The van der Waals surface area contributed by atoms with Crippen LogP contribution in [0.1, 0.15) is 32.5 Å². The van der Waals surface area contributed by atoms with Crippen LogP contribution in [0.4, 0.5) is 0 Å². The number of hydrogen-bond donors (Lipinski definition) is 0. The summed E-state index contributed by atoms with van der Waals surface area (Å²) in [5.41, 5.74) is 1.96. The molecule has 0 aliphatic rings. The number of Topliss-reactive ketones (excluding diaryl/α,β-unsaturated/α-hetero) is 1.